The number of carbonyl (C=O) groups excluding carboxylic acids is 3. The van der Waals surface area contributed by atoms with E-state index in [-0.39, 0.29) is 90.6 Å². The van der Waals surface area contributed by atoms with Crippen LogP contribution in [-0.4, -0.2) is 135 Å². The van der Waals surface area contributed by atoms with Crippen LogP contribution in [-0.2, 0) is 30.1 Å². The first-order valence-corrected chi connectivity index (χ1v) is 27.6. The second-order valence-corrected chi connectivity index (χ2v) is 23.0. The molecule has 0 spiro atoms. The largest absolute Gasteiger partial charge is 0.491 e. The highest BCUT2D eigenvalue weighted by molar-refractivity contribution is 7.88. The fourth-order valence-corrected chi connectivity index (χ4v) is 8.27. The van der Waals surface area contributed by atoms with Crippen LogP contribution in [0.4, 0.5) is 0 Å². The van der Waals surface area contributed by atoms with Crippen LogP contribution >= 0.6 is 0 Å². The summed E-state index contributed by atoms with van der Waals surface area (Å²) < 4.78 is 112. The molecule has 0 aliphatic heterocycles. The maximum Gasteiger partial charge on any atom is 0.347 e. The average Bonchev–Trinajstić information content (AvgIpc) is 3.32. The molecule has 7 rings (SSSR count). The molecule has 378 valence electrons. The van der Waals surface area contributed by atoms with Crippen molar-refractivity contribution >= 4 is 80.3 Å². The Labute approximate surface area is 417 Å². The van der Waals surface area contributed by atoms with E-state index in [2.05, 4.69) is 0 Å². The SMILES string of the molecule is CN(CCOc1cc2ccccc2cc1C(=O)Oc1cc(OC(=O)c2cc3ccccc3cc2OCCN(C)S(C)(=O)=O)cc(OC(=O)c2cc3ccccc3cc2OCCN(C)S(C)(=O)=O)c1)S(C)(=O)=O. The number of ether oxygens (including phenoxy) is 6. The lowest BCUT2D eigenvalue weighted by Gasteiger charge is -2.18. The normalized spacial score (nSPS) is 12.1. The first kappa shape index (κ1) is 52.7. The first-order chi connectivity index (χ1) is 34.0. The molecule has 18 nitrogen and oxygen atoms in total. The van der Waals surface area contributed by atoms with E-state index in [1.54, 1.807) is 109 Å². The minimum absolute atomic E-state index is 0.0361. The second-order valence-electron chi connectivity index (χ2n) is 16.7. The van der Waals surface area contributed by atoms with Crippen molar-refractivity contribution < 1.29 is 68.1 Å². The summed E-state index contributed by atoms with van der Waals surface area (Å²) in [4.78, 5) is 42.8. The van der Waals surface area contributed by atoms with Crippen molar-refractivity contribution in [3.05, 3.63) is 144 Å². The van der Waals surface area contributed by atoms with Gasteiger partial charge in [0.05, 0.1) is 18.8 Å². The van der Waals surface area contributed by atoms with Crippen LogP contribution in [0.5, 0.6) is 34.5 Å². The Morgan fingerprint density at radius 3 is 0.819 bits per heavy atom. The molecule has 0 unspecified atom stereocenters. The molecule has 7 aromatic carbocycles. The number of likely N-dealkylation sites (N-methyl/N-ethyl adjacent to an activating group) is 3. The molecule has 21 heteroatoms. The van der Waals surface area contributed by atoms with Crippen LogP contribution in [0.15, 0.2) is 127 Å². The number of benzene rings is 7. The summed E-state index contributed by atoms with van der Waals surface area (Å²) in [7, 11) is -6.44. The number of nitrogens with zero attached hydrogens (tertiary/aromatic N) is 3. The van der Waals surface area contributed by atoms with Crippen LogP contribution in [0, 0.1) is 0 Å². The van der Waals surface area contributed by atoms with Gasteiger partial charge in [-0.05, 0) is 68.7 Å². The number of rotatable bonds is 21. The quantitative estimate of drug-likeness (QED) is 0.0546. The third-order valence-corrected chi connectivity index (χ3v) is 15.3. The van der Waals surface area contributed by atoms with Crippen LogP contribution < -0.4 is 28.4 Å². The molecular weight excluding hydrogens is 991 g/mol. The summed E-state index contributed by atoms with van der Waals surface area (Å²) in [5.74, 6) is -3.34. The van der Waals surface area contributed by atoms with Gasteiger partial charge in [-0.1, -0.05) is 72.8 Å². The van der Waals surface area contributed by atoms with Crippen molar-refractivity contribution in [2.24, 2.45) is 0 Å². The molecule has 0 saturated heterocycles. The molecule has 0 aliphatic carbocycles. The Morgan fingerprint density at radius 1 is 0.375 bits per heavy atom. The molecule has 0 N–H and O–H groups in total. The third kappa shape index (κ3) is 13.4. The van der Waals surface area contributed by atoms with E-state index in [0.717, 1.165) is 31.7 Å². The van der Waals surface area contributed by atoms with Gasteiger partial charge in [0.2, 0.25) is 30.1 Å². The monoisotopic (exact) mass is 1040 g/mol. The summed E-state index contributed by atoms with van der Waals surface area (Å²) >= 11 is 0. The van der Waals surface area contributed by atoms with Gasteiger partial charge in [0, 0.05) is 59.0 Å². The summed E-state index contributed by atoms with van der Waals surface area (Å²) in [6, 6.07) is 34.6. The highest BCUT2D eigenvalue weighted by atomic mass is 32.2. The number of esters is 3. The van der Waals surface area contributed by atoms with E-state index < -0.39 is 48.0 Å². The molecular formula is C51H51N3O15S3. The summed E-state index contributed by atoms with van der Waals surface area (Å²) in [5.41, 5.74) is -0.137. The number of carbonyl (C=O) groups is 3. The van der Waals surface area contributed by atoms with Gasteiger partial charge in [0.15, 0.2) is 0 Å². The van der Waals surface area contributed by atoms with Gasteiger partial charge in [-0.25, -0.2) is 52.6 Å². The highest BCUT2D eigenvalue weighted by Gasteiger charge is 2.24. The van der Waals surface area contributed by atoms with E-state index in [1.807, 2.05) is 0 Å². The molecule has 0 heterocycles. The van der Waals surface area contributed by atoms with E-state index in [0.29, 0.717) is 32.3 Å². The molecule has 0 atom stereocenters. The molecule has 0 radical (unpaired) electrons. The third-order valence-electron chi connectivity index (χ3n) is 11.4. The Morgan fingerprint density at radius 2 is 0.597 bits per heavy atom. The maximum absolute atomic E-state index is 14.3. The predicted molar refractivity (Wildman–Crippen MR) is 272 cm³/mol. The fraction of sp³-hybridized carbons (Fsp3) is 0.235. The van der Waals surface area contributed by atoms with Crippen molar-refractivity contribution in [3.8, 4) is 34.5 Å². The number of hydrogen-bond donors (Lipinski definition) is 0. The van der Waals surface area contributed by atoms with Crippen LogP contribution in [0.25, 0.3) is 32.3 Å². The molecule has 0 fully saturated rings. The van der Waals surface area contributed by atoms with Crippen LogP contribution in [0.2, 0.25) is 0 Å². The minimum atomic E-state index is -3.54. The van der Waals surface area contributed by atoms with Gasteiger partial charge < -0.3 is 28.4 Å². The molecule has 0 bridgehead atoms. The van der Waals surface area contributed by atoms with Crippen molar-refractivity contribution in [1.82, 2.24) is 12.9 Å². The molecule has 0 aromatic heterocycles. The van der Waals surface area contributed by atoms with Crippen molar-refractivity contribution in [1.29, 1.82) is 0 Å². The predicted octanol–water partition coefficient (Wildman–Crippen LogP) is 6.61. The van der Waals surface area contributed by atoms with Gasteiger partial charge in [-0.3, -0.25) is 0 Å². The first-order valence-electron chi connectivity index (χ1n) is 22.1. The minimum Gasteiger partial charge on any atom is -0.491 e. The number of hydrogen-bond acceptors (Lipinski definition) is 15. The average molecular weight is 1040 g/mol. The van der Waals surface area contributed by atoms with Gasteiger partial charge in [0.25, 0.3) is 0 Å². The molecule has 0 aliphatic rings. The van der Waals surface area contributed by atoms with Crippen LogP contribution in [0.1, 0.15) is 31.1 Å². The van der Waals surface area contributed by atoms with E-state index in [4.69, 9.17) is 28.4 Å². The van der Waals surface area contributed by atoms with E-state index in [9.17, 15) is 39.6 Å². The van der Waals surface area contributed by atoms with Crippen LogP contribution in [0.3, 0.4) is 0 Å². The van der Waals surface area contributed by atoms with E-state index in [1.165, 1.54) is 39.3 Å². The Hall–Kier alpha value is -7.14. The van der Waals surface area contributed by atoms with Gasteiger partial charge in [-0.2, -0.15) is 0 Å². The number of fused-ring (bicyclic) bond motifs is 3. The zero-order chi connectivity index (χ0) is 52.0. The van der Waals surface area contributed by atoms with Gasteiger partial charge in [-0.15, -0.1) is 0 Å². The Kier molecular flexibility index (Phi) is 16.2. The lowest BCUT2D eigenvalue weighted by molar-refractivity contribution is 0.0726. The summed E-state index contributed by atoms with van der Waals surface area (Å²) in [5, 5.41) is 4.08. The van der Waals surface area contributed by atoms with Gasteiger partial charge in [0.1, 0.15) is 71.0 Å². The molecule has 7 aromatic rings. The summed E-state index contributed by atoms with van der Waals surface area (Å²) in [6.07, 6.45) is 3.16. The number of sulfonamides is 3. The Bertz CT molecular complexity index is 3170. The summed E-state index contributed by atoms with van der Waals surface area (Å²) in [6.45, 7) is -0.491. The standard InChI is InChI=1S/C51H51N3O15S3/c1-52(70(4,58)59)19-22-64-46-28-37-16-10-7-13-34(37)25-43(46)49(55)67-40-31-41(68-50(56)44-26-35-14-8-11-17-38(35)29-47(44)65-23-20-53(2)71(5,60)61)33-42(32-40)69-51(57)45-27-36-15-9-12-18-39(36)30-48(45)66-24-21-54(3)72(6,62)63/h7-18,25-33H,19-24H2,1-6H3. The smallest absolute Gasteiger partial charge is 0.347 e. The zero-order valence-corrected chi connectivity index (χ0v) is 42.5. The lowest BCUT2D eigenvalue weighted by Crippen LogP contribution is -2.30. The molecule has 0 amide bonds. The second kappa shape index (κ2) is 22.1. The zero-order valence-electron chi connectivity index (χ0n) is 40.1. The molecule has 72 heavy (non-hydrogen) atoms. The Balaban J connectivity index is 1.25. The van der Waals surface area contributed by atoms with E-state index >= 15 is 0 Å². The van der Waals surface area contributed by atoms with Crippen molar-refractivity contribution in [3.63, 3.8) is 0 Å². The van der Waals surface area contributed by atoms with Crippen molar-refractivity contribution in [2.75, 3.05) is 79.4 Å². The highest BCUT2D eigenvalue weighted by Crippen LogP contribution is 2.35. The van der Waals surface area contributed by atoms with Gasteiger partial charge >= 0.3 is 17.9 Å². The maximum atomic E-state index is 14.3. The lowest BCUT2D eigenvalue weighted by atomic mass is 10.1. The molecule has 0 saturated carbocycles. The fourth-order valence-electron chi connectivity index (χ4n) is 7.05. The van der Waals surface area contributed by atoms with Crippen molar-refractivity contribution in [2.45, 2.75) is 0 Å². The topological polar surface area (TPSA) is 219 Å².